The van der Waals surface area contributed by atoms with Gasteiger partial charge >= 0.3 is 0 Å². The molecule has 1 aliphatic heterocycles. The molecule has 1 amide bonds. The van der Waals surface area contributed by atoms with Gasteiger partial charge in [0.25, 0.3) is 5.91 Å². The summed E-state index contributed by atoms with van der Waals surface area (Å²) in [5, 5.41) is 3.95. The second kappa shape index (κ2) is 6.15. The molecule has 0 saturated carbocycles. The van der Waals surface area contributed by atoms with E-state index in [-0.39, 0.29) is 41.4 Å². The van der Waals surface area contributed by atoms with E-state index in [0.29, 0.717) is 0 Å². The summed E-state index contributed by atoms with van der Waals surface area (Å²) in [6.07, 6.45) is 0.226. The maximum absolute atomic E-state index is 14.2. The summed E-state index contributed by atoms with van der Waals surface area (Å²) in [7, 11) is 0. The molecule has 3 aromatic rings. The SMILES string of the molecule is NC(=O)c1c(N)nn2ccc(N3C[C@@H](F)C[C@@H]3c3cc(F)ccc3F)nc12. The highest BCUT2D eigenvalue weighted by molar-refractivity contribution is 6.03. The van der Waals surface area contributed by atoms with Crippen molar-refractivity contribution in [3.8, 4) is 0 Å². The van der Waals surface area contributed by atoms with E-state index in [0.717, 1.165) is 18.2 Å². The molecule has 1 fully saturated rings. The van der Waals surface area contributed by atoms with Gasteiger partial charge in [-0.2, -0.15) is 0 Å². The predicted molar refractivity (Wildman–Crippen MR) is 91.9 cm³/mol. The van der Waals surface area contributed by atoms with E-state index in [4.69, 9.17) is 11.5 Å². The molecule has 7 nitrogen and oxygen atoms in total. The van der Waals surface area contributed by atoms with Crippen molar-refractivity contribution >= 4 is 23.2 Å². The lowest BCUT2D eigenvalue weighted by Crippen LogP contribution is -2.25. The molecule has 140 valence electrons. The van der Waals surface area contributed by atoms with Gasteiger partial charge in [0.05, 0.1) is 12.6 Å². The van der Waals surface area contributed by atoms with Gasteiger partial charge in [-0.25, -0.2) is 22.7 Å². The molecule has 2 aromatic heterocycles. The summed E-state index contributed by atoms with van der Waals surface area (Å²) < 4.78 is 43.3. The highest BCUT2D eigenvalue weighted by atomic mass is 19.1. The minimum absolute atomic E-state index is 0.0166. The lowest BCUT2D eigenvalue weighted by Gasteiger charge is -2.26. The first-order valence-corrected chi connectivity index (χ1v) is 8.15. The van der Waals surface area contributed by atoms with Crippen molar-refractivity contribution in [3.63, 3.8) is 0 Å². The summed E-state index contributed by atoms with van der Waals surface area (Å²) in [4.78, 5) is 17.5. The number of hydrogen-bond donors (Lipinski definition) is 2. The van der Waals surface area contributed by atoms with Gasteiger partial charge in [-0.15, -0.1) is 5.10 Å². The molecule has 4 N–H and O–H groups in total. The second-order valence-corrected chi connectivity index (χ2v) is 6.35. The van der Waals surface area contributed by atoms with Crippen LogP contribution in [0.5, 0.6) is 0 Å². The smallest absolute Gasteiger partial charge is 0.256 e. The number of amides is 1. The molecule has 0 radical (unpaired) electrons. The Kier molecular flexibility index (Phi) is 3.90. The number of carbonyl (C=O) groups excluding carboxylic acids is 1. The number of nitrogens with two attached hydrogens (primary N) is 2. The van der Waals surface area contributed by atoms with Crippen molar-refractivity contribution < 1.29 is 18.0 Å². The van der Waals surface area contributed by atoms with Crippen LogP contribution in [0.3, 0.4) is 0 Å². The third-order valence-electron chi connectivity index (χ3n) is 4.61. The summed E-state index contributed by atoms with van der Waals surface area (Å²) in [6.45, 7) is -0.0562. The summed E-state index contributed by atoms with van der Waals surface area (Å²) in [6, 6.07) is 3.85. The number of alkyl halides is 1. The van der Waals surface area contributed by atoms with Gasteiger partial charge in [-0.3, -0.25) is 4.79 Å². The standard InChI is InChI=1S/C17H15F3N6O/c18-8-1-2-11(20)10(5-8)12-6-9(19)7-25(12)13-3-4-26-17(23-13)14(16(22)27)15(21)24-26/h1-5,9,12H,6-7H2,(H2,21,24)(H2,22,27)/t9-,12+/m0/s1. The average Bonchev–Trinajstić information content (AvgIpc) is 3.15. The van der Waals surface area contributed by atoms with Crippen LogP contribution in [-0.4, -0.2) is 33.2 Å². The van der Waals surface area contributed by atoms with Gasteiger partial charge in [0, 0.05) is 18.2 Å². The first kappa shape index (κ1) is 17.1. The molecule has 0 aliphatic carbocycles. The minimum atomic E-state index is -1.25. The third-order valence-corrected chi connectivity index (χ3v) is 4.61. The van der Waals surface area contributed by atoms with Crippen molar-refractivity contribution in [1.29, 1.82) is 0 Å². The van der Waals surface area contributed by atoms with Crippen LogP contribution in [0, 0.1) is 11.6 Å². The van der Waals surface area contributed by atoms with E-state index >= 15 is 0 Å². The van der Waals surface area contributed by atoms with E-state index in [1.54, 1.807) is 0 Å². The number of nitrogens with zero attached hydrogens (tertiary/aromatic N) is 4. The predicted octanol–water partition coefficient (Wildman–Crippen LogP) is 1.98. The van der Waals surface area contributed by atoms with Gasteiger partial charge < -0.3 is 16.4 Å². The number of carbonyl (C=O) groups is 1. The number of nitrogen functional groups attached to an aromatic ring is 1. The average molecular weight is 376 g/mol. The topological polar surface area (TPSA) is 103 Å². The molecule has 1 aromatic carbocycles. The number of anilines is 2. The molecular formula is C17H15F3N6O. The van der Waals surface area contributed by atoms with Crippen molar-refractivity contribution in [1.82, 2.24) is 14.6 Å². The van der Waals surface area contributed by atoms with Crippen LogP contribution < -0.4 is 16.4 Å². The van der Waals surface area contributed by atoms with Gasteiger partial charge in [0.1, 0.15) is 29.2 Å². The Labute approximate surface area is 151 Å². The van der Waals surface area contributed by atoms with Crippen LogP contribution in [0.15, 0.2) is 30.5 Å². The second-order valence-electron chi connectivity index (χ2n) is 6.35. The molecule has 27 heavy (non-hydrogen) atoms. The minimum Gasteiger partial charge on any atom is -0.381 e. The number of primary amides is 1. The van der Waals surface area contributed by atoms with E-state index in [2.05, 4.69) is 10.1 Å². The van der Waals surface area contributed by atoms with Crippen molar-refractivity contribution in [2.45, 2.75) is 18.6 Å². The number of aromatic nitrogens is 3. The molecule has 0 spiro atoms. The number of rotatable bonds is 3. The fourth-order valence-electron chi connectivity index (χ4n) is 3.44. The normalized spacial score (nSPS) is 19.7. The lowest BCUT2D eigenvalue weighted by atomic mass is 10.0. The van der Waals surface area contributed by atoms with Crippen molar-refractivity contribution in [3.05, 3.63) is 53.2 Å². The van der Waals surface area contributed by atoms with E-state index in [1.807, 2.05) is 0 Å². The van der Waals surface area contributed by atoms with Crippen LogP contribution in [0.4, 0.5) is 24.8 Å². The first-order valence-electron chi connectivity index (χ1n) is 8.15. The number of hydrogen-bond acceptors (Lipinski definition) is 5. The molecule has 1 aliphatic rings. The molecule has 10 heteroatoms. The molecule has 3 heterocycles. The van der Waals surface area contributed by atoms with Gasteiger partial charge in [0.15, 0.2) is 11.5 Å². The maximum atomic E-state index is 14.2. The van der Waals surface area contributed by atoms with Crippen LogP contribution in [-0.2, 0) is 0 Å². The zero-order chi connectivity index (χ0) is 19.3. The third kappa shape index (κ3) is 2.82. The van der Waals surface area contributed by atoms with Gasteiger partial charge in [-0.1, -0.05) is 0 Å². The summed E-state index contributed by atoms with van der Waals surface area (Å²) in [5.74, 6) is -1.85. The Morgan fingerprint density at radius 3 is 2.78 bits per heavy atom. The van der Waals surface area contributed by atoms with Crippen molar-refractivity contribution in [2.24, 2.45) is 5.73 Å². The van der Waals surface area contributed by atoms with Crippen LogP contribution >= 0.6 is 0 Å². The van der Waals surface area contributed by atoms with Crippen LogP contribution in [0.2, 0.25) is 0 Å². The Hall–Kier alpha value is -3.30. The zero-order valence-electron chi connectivity index (χ0n) is 13.9. The van der Waals surface area contributed by atoms with E-state index in [9.17, 15) is 18.0 Å². The Bertz CT molecular complexity index is 1050. The number of fused-ring (bicyclic) bond motifs is 1. The highest BCUT2D eigenvalue weighted by Gasteiger charge is 2.36. The quantitative estimate of drug-likeness (QED) is 0.728. The van der Waals surface area contributed by atoms with E-state index < -0.39 is 29.8 Å². The van der Waals surface area contributed by atoms with E-state index in [1.165, 1.54) is 21.7 Å². The molecule has 1 saturated heterocycles. The summed E-state index contributed by atoms with van der Waals surface area (Å²) >= 11 is 0. The first-order chi connectivity index (χ1) is 12.8. The number of halogens is 3. The monoisotopic (exact) mass is 376 g/mol. The van der Waals surface area contributed by atoms with Crippen LogP contribution in [0.25, 0.3) is 5.65 Å². The fraction of sp³-hybridized carbons (Fsp3) is 0.235. The summed E-state index contributed by atoms with van der Waals surface area (Å²) in [5.41, 5.74) is 11.1. The van der Waals surface area contributed by atoms with Gasteiger partial charge in [-0.05, 0) is 24.3 Å². The van der Waals surface area contributed by atoms with Crippen molar-refractivity contribution in [2.75, 3.05) is 17.2 Å². The fourth-order valence-corrected chi connectivity index (χ4v) is 3.44. The highest BCUT2D eigenvalue weighted by Crippen LogP contribution is 2.38. The Balaban J connectivity index is 1.82. The Morgan fingerprint density at radius 1 is 1.26 bits per heavy atom. The molecular weight excluding hydrogens is 361 g/mol. The maximum Gasteiger partial charge on any atom is 0.256 e. The molecule has 0 unspecified atom stereocenters. The van der Waals surface area contributed by atoms with Gasteiger partial charge in [0.2, 0.25) is 0 Å². The zero-order valence-corrected chi connectivity index (χ0v) is 13.9. The Morgan fingerprint density at radius 2 is 2.04 bits per heavy atom. The molecule has 4 rings (SSSR count). The largest absolute Gasteiger partial charge is 0.381 e. The van der Waals surface area contributed by atoms with Crippen LogP contribution in [0.1, 0.15) is 28.4 Å². The number of benzene rings is 1. The lowest BCUT2D eigenvalue weighted by molar-refractivity contribution is 0.100. The molecule has 0 bridgehead atoms. The molecule has 2 atom stereocenters.